The predicted molar refractivity (Wildman–Crippen MR) is 67.8 cm³/mol. The number of ether oxygens (including phenoxy) is 1. The fourth-order valence-electron chi connectivity index (χ4n) is 1.59. The summed E-state index contributed by atoms with van der Waals surface area (Å²) in [5.41, 5.74) is 0.588. The molecule has 1 aromatic rings. The van der Waals surface area contributed by atoms with E-state index >= 15 is 0 Å². The van der Waals surface area contributed by atoms with E-state index in [-0.39, 0.29) is 5.82 Å². The second kappa shape index (κ2) is 8.03. The highest BCUT2D eigenvalue weighted by Gasteiger charge is 2.07. The summed E-state index contributed by atoms with van der Waals surface area (Å²) in [6.07, 6.45) is 1.13. The number of hydrogen-bond acceptors (Lipinski definition) is 3. The summed E-state index contributed by atoms with van der Waals surface area (Å²) in [4.78, 5) is 0. The number of nitrogens with one attached hydrogen (secondary N) is 2. The van der Waals surface area contributed by atoms with Crippen LogP contribution < -0.4 is 15.4 Å². The van der Waals surface area contributed by atoms with E-state index in [9.17, 15) is 4.39 Å². The molecule has 0 bridgehead atoms. The molecule has 0 spiro atoms. The molecule has 0 saturated carbocycles. The Bertz CT molecular complexity index is 331. The molecular formula is C13H21FN2O. The molecule has 0 heterocycles. The lowest BCUT2D eigenvalue weighted by atomic mass is 10.2. The van der Waals surface area contributed by atoms with Crippen LogP contribution in [-0.2, 0) is 6.54 Å². The van der Waals surface area contributed by atoms with Crippen LogP contribution in [0.3, 0.4) is 0 Å². The summed E-state index contributed by atoms with van der Waals surface area (Å²) >= 11 is 0. The third-order valence-electron chi connectivity index (χ3n) is 2.50. The summed E-state index contributed by atoms with van der Waals surface area (Å²) in [7, 11) is 1.56. The van der Waals surface area contributed by atoms with E-state index in [1.807, 2.05) is 0 Å². The van der Waals surface area contributed by atoms with Gasteiger partial charge in [0.25, 0.3) is 0 Å². The highest BCUT2D eigenvalue weighted by atomic mass is 19.1. The van der Waals surface area contributed by atoms with E-state index in [0.29, 0.717) is 17.9 Å². The average molecular weight is 240 g/mol. The summed E-state index contributed by atoms with van der Waals surface area (Å²) < 4.78 is 18.7. The number of methoxy groups -OCH3 is 1. The van der Waals surface area contributed by atoms with Gasteiger partial charge in [0.15, 0.2) is 0 Å². The second-order valence-electron chi connectivity index (χ2n) is 3.85. The standard InChI is InChI=1S/C13H21FN2O/c1-3-7-15-8-9-16-10-11-12(14)5-4-6-13(11)17-2/h4-6,15-16H,3,7-10H2,1-2H3. The van der Waals surface area contributed by atoms with Crippen LogP contribution in [0.4, 0.5) is 4.39 Å². The number of hydrogen-bond donors (Lipinski definition) is 2. The van der Waals surface area contributed by atoms with E-state index in [4.69, 9.17) is 4.74 Å². The minimum atomic E-state index is -0.224. The largest absolute Gasteiger partial charge is 0.496 e. The molecule has 3 nitrogen and oxygen atoms in total. The van der Waals surface area contributed by atoms with Gasteiger partial charge in [-0.25, -0.2) is 4.39 Å². The molecule has 1 aromatic carbocycles. The van der Waals surface area contributed by atoms with Gasteiger partial charge in [-0.1, -0.05) is 13.0 Å². The molecule has 2 N–H and O–H groups in total. The topological polar surface area (TPSA) is 33.3 Å². The van der Waals surface area contributed by atoms with E-state index in [2.05, 4.69) is 17.6 Å². The Labute approximate surface area is 102 Å². The van der Waals surface area contributed by atoms with Crippen molar-refractivity contribution in [2.75, 3.05) is 26.7 Å². The van der Waals surface area contributed by atoms with Crippen molar-refractivity contribution >= 4 is 0 Å². The van der Waals surface area contributed by atoms with Crippen LogP contribution in [0.15, 0.2) is 18.2 Å². The smallest absolute Gasteiger partial charge is 0.131 e. The average Bonchev–Trinajstić information content (AvgIpc) is 2.35. The molecule has 0 aliphatic carbocycles. The molecule has 96 valence electrons. The van der Waals surface area contributed by atoms with Crippen LogP contribution in [-0.4, -0.2) is 26.7 Å². The molecule has 0 saturated heterocycles. The first-order valence-electron chi connectivity index (χ1n) is 6.02. The number of benzene rings is 1. The fourth-order valence-corrected chi connectivity index (χ4v) is 1.59. The van der Waals surface area contributed by atoms with E-state index in [1.165, 1.54) is 6.07 Å². The van der Waals surface area contributed by atoms with Crippen molar-refractivity contribution < 1.29 is 9.13 Å². The van der Waals surface area contributed by atoms with Crippen LogP contribution in [0.5, 0.6) is 5.75 Å². The highest BCUT2D eigenvalue weighted by Crippen LogP contribution is 2.20. The van der Waals surface area contributed by atoms with Crippen molar-refractivity contribution in [3.05, 3.63) is 29.6 Å². The van der Waals surface area contributed by atoms with Crippen LogP contribution >= 0.6 is 0 Å². The van der Waals surface area contributed by atoms with E-state index in [1.54, 1.807) is 19.2 Å². The fraction of sp³-hybridized carbons (Fsp3) is 0.538. The maximum absolute atomic E-state index is 13.5. The lowest BCUT2D eigenvalue weighted by Gasteiger charge is -2.10. The number of rotatable bonds is 8. The Kier molecular flexibility index (Phi) is 6.58. The van der Waals surface area contributed by atoms with Gasteiger partial charge in [-0.05, 0) is 25.1 Å². The molecule has 4 heteroatoms. The molecule has 0 aromatic heterocycles. The van der Waals surface area contributed by atoms with Gasteiger partial charge >= 0.3 is 0 Å². The SMILES string of the molecule is CCCNCCNCc1c(F)cccc1OC. The van der Waals surface area contributed by atoms with Crippen molar-refractivity contribution in [3.63, 3.8) is 0 Å². The van der Waals surface area contributed by atoms with Crippen molar-refractivity contribution in [1.29, 1.82) is 0 Å². The minimum absolute atomic E-state index is 0.224. The van der Waals surface area contributed by atoms with Crippen molar-refractivity contribution in [1.82, 2.24) is 10.6 Å². The molecule has 0 aliphatic heterocycles. The van der Waals surface area contributed by atoms with Crippen molar-refractivity contribution in [2.45, 2.75) is 19.9 Å². The van der Waals surface area contributed by atoms with Crippen LogP contribution in [0.25, 0.3) is 0 Å². The Hall–Kier alpha value is -1.13. The van der Waals surface area contributed by atoms with Crippen LogP contribution in [0.2, 0.25) is 0 Å². The molecule has 0 aliphatic rings. The van der Waals surface area contributed by atoms with Gasteiger partial charge in [-0.15, -0.1) is 0 Å². The Morgan fingerprint density at radius 1 is 1.18 bits per heavy atom. The minimum Gasteiger partial charge on any atom is -0.496 e. The van der Waals surface area contributed by atoms with E-state index < -0.39 is 0 Å². The molecular weight excluding hydrogens is 219 g/mol. The third-order valence-corrected chi connectivity index (χ3v) is 2.50. The number of halogens is 1. The molecule has 0 unspecified atom stereocenters. The first-order chi connectivity index (χ1) is 8.29. The first-order valence-corrected chi connectivity index (χ1v) is 6.02. The molecule has 0 fully saturated rings. The van der Waals surface area contributed by atoms with Gasteiger partial charge < -0.3 is 15.4 Å². The predicted octanol–water partition coefficient (Wildman–Crippen LogP) is 1.92. The van der Waals surface area contributed by atoms with Gasteiger partial charge in [0, 0.05) is 25.2 Å². The maximum Gasteiger partial charge on any atom is 0.131 e. The Morgan fingerprint density at radius 2 is 1.94 bits per heavy atom. The summed E-state index contributed by atoms with van der Waals surface area (Å²) in [6, 6.07) is 4.88. The Morgan fingerprint density at radius 3 is 2.65 bits per heavy atom. The van der Waals surface area contributed by atoms with Gasteiger partial charge in [0.1, 0.15) is 11.6 Å². The normalized spacial score (nSPS) is 10.5. The zero-order chi connectivity index (χ0) is 12.5. The highest BCUT2D eigenvalue weighted by molar-refractivity contribution is 5.34. The quantitative estimate of drug-likeness (QED) is 0.681. The van der Waals surface area contributed by atoms with E-state index in [0.717, 1.165) is 26.1 Å². The lowest BCUT2D eigenvalue weighted by Crippen LogP contribution is -2.27. The zero-order valence-electron chi connectivity index (χ0n) is 10.6. The lowest BCUT2D eigenvalue weighted by molar-refractivity contribution is 0.401. The monoisotopic (exact) mass is 240 g/mol. The zero-order valence-corrected chi connectivity index (χ0v) is 10.6. The van der Waals surface area contributed by atoms with Gasteiger partial charge in [0.2, 0.25) is 0 Å². The third kappa shape index (κ3) is 4.71. The van der Waals surface area contributed by atoms with Crippen molar-refractivity contribution in [2.24, 2.45) is 0 Å². The molecule has 1 rings (SSSR count). The van der Waals surface area contributed by atoms with Gasteiger partial charge in [0.05, 0.1) is 7.11 Å². The van der Waals surface area contributed by atoms with Gasteiger partial charge in [-0.3, -0.25) is 0 Å². The summed E-state index contributed by atoms with van der Waals surface area (Å²) in [5.74, 6) is 0.373. The second-order valence-corrected chi connectivity index (χ2v) is 3.85. The molecule has 0 radical (unpaired) electrons. The van der Waals surface area contributed by atoms with Crippen molar-refractivity contribution in [3.8, 4) is 5.75 Å². The Balaban J connectivity index is 2.35. The molecule has 0 atom stereocenters. The summed E-state index contributed by atoms with van der Waals surface area (Å²) in [6.45, 7) is 5.35. The maximum atomic E-state index is 13.5. The first kappa shape index (κ1) is 13.9. The molecule has 0 amide bonds. The van der Waals surface area contributed by atoms with Crippen LogP contribution in [0, 0.1) is 5.82 Å². The molecule has 17 heavy (non-hydrogen) atoms. The van der Waals surface area contributed by atoms with Gasteiger partial charge in [-0.2, -0.15) is 0 Å². The summed E-state index contributed by atoms with van der Waals surface area (Å²) in [5, 5.41) is 6.47. The van der Waals surface area contributed by atoms with Crippen LogP contribution in [0.1, 0.15) is 18.9 Å².